The van der Waals surface area contributed by atoms with Gasteiger partial charge in [0.15, 0.2) is 17.2 Å². The second kappa shape index (κ2) is 10.2. The van der Waals surface area contributed by atoms with Gasteiger partial charge in [0.2, 0.25) is 5.82 Å². The molecular weight excluding hydrogens is 462 g/mol. The number of anilines is 1. The lowest BCUT2D eigenvalue weighted by molar-refractivity contribution is 0.102. The highest BCUT2D eigenvalue weighted by atomic mass is 35.5. The van der Waals surface area contributed by atoms with Crippen molar-refractivity contribution in [1.29, 1.82) is 0 Å². The number of carbonyl (C=O) groups is 1. The summed E-state index contributed by atoms with van der Waals surface area (Å²) in [4.78, 5) is 13.4. The number of aromatic nitrogens is 2. The van der Waals surface area contributed by atoms with E-state index in [0.717, 1.165) is 28.5 Å². The van der Waals surface area contributed by atoms with Gasteiger partial charge >= 0.3 is 0 Å². The zero-order valence-corrected chi connectivity index (χ0v) is 20.2. The Bertz CT molecular complexity index is 1280. The Morgan fingerprint density at radius 3 is 2.58 bits per heavy atom. The summed E-state index contributed by atoms with van der Waals surface area (Å²) in [7, 11) is 0. The molecule has 2 aromatic heterocycles. The molecule has 0 saturated heterocycles. The molecule has 0 fully saturated rings. The molecule has 0 spiro atoms. The van der Waals surface area contributed by atoms with Crippen molar-refractivity contribution in [3.63, 3.8) is 0 Å². The maximum Gasteiger partial charge on any atom is 0.268 e. The maximum absolute atomic E-state index is 13.0. The van der Waals surface area contributed by atoms with Gasteiger partial charge in [-0.15, -0.1) is 11.3 Å². The summed E-state index contributed by atoms with van der Waals surface area (Å²) in [5.41, 5.74) is 2.17. The molecule has 0 saturated carbocycles. The molecule has 9 heteroatoms. The Hall–Kier alpha value is -3.10. The van der Waals surface area contributed by atoms with E-state index in [1.165, 1.54) is 11.3 Å². The molecule has 0 atom stereocenters. The molecule has 7 nitrogen and oxygen atoms in total. The van der Waals surface area contributed by atoms with E-state index in [2.05, 4.69) is 15.6 Å². The number of benzene rings is 2. The van der Waals surface area contributed by atoms with Crippen LogP contribution in [0.25, 0.3) is 21.3 Å². The third-order valence-corrected chi connectivity index (χ3v) is 6.51. The van der Waals surface area contributed by atoms with Crippen molar-refractivity contribution in [3.8, 4) is 22.8 Å². The molecule has 1 N–H and O–H groups in total. The minimum absolute atomic E-state index is 0.202. The number of thiophene rings is 1. The fourth-order valence-electron chi connectivity index (χ4n) is 3.25. The number of ether oxygens (including phenoxy) is 2. The van der Waals surface area contributed by atoms with Crippen molar-refractivity contribution in [1.82, 2.24) is 10.3 Å². The fraction of sp³-hybridized carbons (Fsp3) is 0.292. The lowest BCUT2D eigenvalue weighted by Crippen LogP contribution is -2.11. The molecule has 172 valence electrons. The second-order valence-electron chi connectivity index (χ2n) is 7.52. The molecule has 0 aliphatic rings. The Balaban J connectivity index is 1.62. The van der Waals surface area contributed by atoms with E-state index in [1.54, 1.807) is 0 Å². The predicted octanol–water partition coefficient (Wildman–Crippen LogP) is 6.74. The van der Waals surface area contributed by atoms with Crippen LogP contribution in [-0.4, -0.2) is 29.4 Å². The summed E-state index contributed by atoms with van der Waals surface area (Å²) in [5.74, 6) is 1.09. The third-order valence-electron chi connectivity index (χ3n) is 4.85. The van der Waals surface area contributed by atoms with Crippen LogP contribution in [0.15, 0.2) is 41.0 Å². The maximum atomic E-state index is 13.0. The van der Waals surface area contributed by atoms with Crippen LogP contribution in [0.2, 0.25) is 5.02 Å². The topological polar surface area (TPSA) is 86.5 Å². The number of nitrogens with one attached hydrogen (secondary N) is 1. The Morgan fingerprint density at radius 1 is 1.06 bits per heavy atom. The number of fused-ring (bicyclic) bond motifs is 1. The van der Waals surface area contributed by atoms with Gasteiger partial charge < -0.3 is 14.8 Å². The predicted molar refractivity (Wildman–Crippen MR) is 131 cm³/mol. The molecule has 0 unspecified atom stereocenters. The van der Waals surface area contributed by atoms with Crippen LogP contribution in [0.3, 0.4) is 0 Å². The first-order valence-electron chi connectivity index (χ1n) is 10.7. The number of carbonyl (C=O) groups excluding carboxylic acids is 1. The van der Waals surface area contributed by atoms with Crippen LogP contribution in [-0.2, 0) is 0 Å². The lowest BCUT2D eigenvalue weighted by Gasteiger charge is -2.13. The van der Waals surface area contributed by atoms with Gasteiger partial charge in [-0.05, 0) is 59.9 Å². The van der Waals surface area contributed by atoms with Crippen molar-refractivity contribution in [2.75, 3.05) is 18.5 Å². The van der Waals surface area contributed by atoms with E-state index in [4.69, 9.17) is 25.7 Å². The van der Waals surface area contributed by atoms with E-state index in [1.807, 2.05) is 57.2 Å². The van der Waals surface area contributed by atoms with Gasteiger partial charge in [0.1, 0.15) is 4.88 Å². The summed E-state index contributed by atoms with van der Waals surface area (Å²) >= 11 is 7.82. The smallest absolute Gasteiger partial charge is 0.268 e. The van der Waals surface area contributed by atoms with Crippen LogP contribution in [0.5, 0.6) is 11.5 Å². The van der Waals surface area contributed by atoms with Crippen LogP contribution in [0.4, 0.5) is 5.82 Å². The summed E-state index contributed by atoms with van der Waals surface area (Å²) in [6.45, 7) is 7.21. The molecule has 0 aliphatic heterocycles. The number of rotatable bonds is 9. The van der Waals surface area contributed by atoms with Crippen molar-refractivity contribution < 1.29 is 18.9 Å². The molecular formula is C24H24ClN3O4S. The quantitative estimate of drug-likeness (QED) is 0.282. The first-order valence-corrected chi connectivity index (χ1v) is 11.9. The van der Waals surface area contributed by atoms with Gasteiger partial charge in [-0.2, -0.15) is 0 Å². The normalized spacial score (nSPS) is 11.0. The highest BCUT2D eigenvalue weighted by Gasteiger charge is 2.22. The number of hydrogen-bond acceptors (Lipinski definition) is 7. The summed E-state index contributed by atoms with van der Waals surface area (Å²) in [6, 6.07) is 11.4. The first-order chi connectivity index (χ1) is 16.0. The molecule has 2 aromatic carbocycles. The molecule has 1 amide bonds. The van der Waals surface area contributed by atoms with E-state index < -0.39 is 0 Å². The fourth-order valence-corrected chi connectivity index (χ4v) is 4.76. The Kier molecular flexibility index (Phi) is 7.15. The molecule has 0 bridgehead atoms. The van der Waals surface area contributed by atoms with E-state index in [0.29, 0.717) is 45.9 Å². The molecule has 2 heterocycles. The highest BCUT2D eigenvalue weighted by Crippen LogP contribution is 2.38. The van der Waals surface area contributed by atoms with Crippen LogP contribution in [0, 0.1) is 6.92 Å². The SMILES string of the molecule is CCCOc1ccc(-c2nonc2NC(=O)c2sc3cc(C)ccc3c2Cl)cc1OCCC. The molecule has 0 aliphatic carbocycles. The molecule has 4 rings (SSSR count). The molecule has 33 heavy (non-hydrogen) atoms. The third kappa shape index (κ3) is 4.96. The van der Waals surface area contributed by atoms with Crippen molar-refractivity contribution in [3.05, 3.63) is 51.9 Å². The zero-order valence-electron chi connectivity index (χ0n) is 18.6. The average Bonchev–Trinajstić information content (AvgIpc) is 3.40. The monoisotopic (exact) mass is 485 g/mol. The Morgan fingerprint density at radius 2 is 1.82 bits per heavy atom. The number of aryl methyl sites for hydroxylation is 1. The summed E-state index contributed by atoms with van der Waals surface area (Å²) in [5, 5.41) is 11.9. The number of amides is 1. The lowest BCUT2D eigenvalue weighted by atomic mass is 10.1. The van der Waals surface area contributed by atoms with Crippen LogP contribution >= 0.6 is 22.9 Å². The highest BCUT2D eigenvalue weighted by molar-refractivity contribution is 7.21. The van der Waals surface area contributed by atoms with Crippen molar-refractivity contribution >= 4 is 44.7 Å². The largest absolute Gasteiger partial charge is 0.490 e. The molecule has 4 aromatic rings. The van der Waals surface area contributed by atoms with Gasteiger partial charge in [0.25, 0.3) is 5.91 Å². The van der Waals surface area contributed by atoms with Crippen molar-refractivity contribution in [2.45, 2.75) is 33.6 Å². The molecule has 0 radical (unpaired) electrons. The van der Waals surface area contributed by atoms with Gasteiger partial charge in [0.05, 0.1) is 18.2 Å². The minimum atomic E-state index is -0.374. The summed E-state index contributed by atoms with van der Waals surface area (Å²) < 4.78 is 17.5. The number of halogens is 1. The first kappa shape index (κ1) is 23.1. The van der Waals surface area contributed by atoms with Gasteiger partial charge in [-0.1, -0.05) is 37.6 Å². The van der Waals surface area contributed by atoms with Crippen LogP contribution < -0.4 is 14.8 Å². The zero-order chi connectivity index (χ0) is 23.4. The van der Waals surface area contributed by atoms with Gasteiger partial charge in [0, 0.05) is 15.6 Å². The van der Waals surface area contributed by atoms with Gasteiger partial charge in [-0.3, -0.25) is 4.79 Å². The summed E-state index contributed by atoms with van der Waals surface area (Å²) in [6.07, 6.45) is 1.75. The van der Waals surface area contributed by atoms with Gasteiger partial charge in [-0.25, -0.2) is 4.63 Å². The van der Waals surface area contributed by atoms with E-state index >= 15 is 0 Å². The van der Waals surface area contributed by atoms with E-state index in [9.17, 15) is 4.79 Å². The van der Waals surface area contributed by atoms with E-state index in [-0.39, 0.29) is 11.7 Å². The van der Waals surface area contributed by atoms with Crippen molar-refractivity contribution in [2.24, 2.45) is 0 Å². The number of nitrogens with zero attached hydrogens (tertiary/aromatic N) is 2. The Labute approximate surface area is 200 Å². The standard InChI is InChI=1S/C24H24ClN3O4S/c1-4-10-30-17-9-7-15(13-18(17)31-11-5-2)21-23(28-32-27-21)26-24(29)22-20(25)16-8-6-14(3)12-19(16)33-22/h6-9,12-13H,4-5,10-11H2,1-3H3,(H,26,28,29). The minimum Gasteiger partial charge on any atom is -0.490 e. The second-order valence-corrected chi connectivity index (χ2v) is 8.95. The van der Waals surface area contributed by atoms with Crippen LogP contribution in [0.1, 0.15) is 41.9 Å². The average molecular weight is 486 g/mol. The number of hydrogen-bond donors (Lipinski definition) is 1.